The van der Waals surface area contributed by atoms with E-state index < -0.39 is 12.2 Å². The molecule has 0 radical (unpaired) electrons. The van der Waals surface area contributed by atoms with Gasteiger partial charge in [0.2, 0.25) is 5.95 Å². The van der Waals surface area contributed by atoms with Crippen molar-refractivity contribution in [3.63, 3.8) is 0 Å². The summed E-state index contributed by atoms with van der Waals surface area (Å²) < 4.78 is 17.4. The van der Waals surface area contributed by atoms with Crippen LogP contribution in [0.3, 0.4) is 0 Å². The summed E-state index contributed by atoms with van der Waals surface area (Å²) in [6.07, 6.45) is 5.27. The van der Waals surface area contributed by atoms with E-state index in [-0.39, 0.29) is 18.2 Å². The molecule has 1 aliphatic carbocycles. The van der Waals surface area contributed by atoms with Crippen LogP contribution in [0.15, 0.2) is 42.6 Å². The third-order valence-corrected chi connectivity index (χ3v) is 6.05. The molecule has 8 nitrogen and oxygen atoms in total. The molecular weight excluding hydrogens is 384 g/mol. The van der Waals surface area contributed by atoms with Crippen molar-refractivity contribution in [3.05, 3.63) is 48.3 Å². The standard InChI is InChI=1S/C22H26N4O4/c27-22(24-15-8-2-1-3-9-15)30-18-13-29-19-17(12-28-20(18)19)26-21-23-11-10-16(25-21)14-6-4-5-7-14/h1-3,8-11,14,17-20H,4-7,12-13H2,(H,24,27)(H,23,25,26)/t17-,18-,19-,20+/m0/s1. The highest BCUT2D eigenvalue weighted by molar-refractivity contribution is 5.84. The first kappa shape index (κ1) is 19.3. The number of hydrogen-bond donors (Lipinski definition) is 2. The highest BCUT2D eigenvalue weighted by Crippen LogP contribution is 2.34. The van der Waals surface area contributed by atoms with Gasteiger partial charge in [0.15, 0.2) is 6.10 Å². The van der Waals surface area contributed by atoms with Crippen molar-refractivity contribution in [3.8, 4) is 0 Å². The van der Waals surface area contributed by atoms with E-state index in [0.717, 1.165) is 5.69 Å². The maximum atomic E-state index is 12.2. The summed E-state index contributed by atoms with van der Waals surface area (Å²) in [7, 11) is 0. The maximum absolute atomic E-state index is 12.2. The van der Waals surface area contributed by atoms with Crippen LogP contribution in [-0.4, -0.2) is 53.6 Å². The van der Waals surface area contributed by atoms with Gasteiger partial charge in [-0.2, -0.15) is 0 Å². The van der Waals surface area contributed by atoms with E-state index in [0.29, 0.717) is 30.8 Å². The summed E-state index contributed by atoms with van der Waals surface area (Å²) in [5.41, 5.74) is 1.79. The zero-order chi connectivity index (χ0) is 20.3. The molecule has 5 rings (SSSR count). The van der Waals surface area contributed by atoms with Crippen molar-refractivity contribution in [1.29, 1.82) is 0 Å². The highest BCUT2D eigenvalue weighted by Gasteiger charge is 2.49. The Morgan fingerprint density at radius 3 is 2.67 bits per heavy atom. The summed E-state index contributed by atoms with van der Waals surface area (Å²) in [6.45, 7) is 0.755. The van der Waals surface area contributed by atoms with Crippen LogP contribution in [-0.2, 0) is 14.2 Å². The van der Waals surface area contributed by atoms with E-state index in [9.17, 15) is 4.79 Å². The molecule has 1 saturated carbocycles. The Kier molecular flexibility index (Phi) is 5.50. The summed E-state index contributed by atoms with van der Waals surface area (Å²) in [5, 5.41) is 6.09. The Morgan fingerprint density at radius 2 is 1.83 bits per heavy atom. The third kappa shape index (κ3) is 4.11. The molecule has 3 aliphatic rings. The van der Waals surface area contributed by atoms with Crippen LogP contribution < -0.4 is 10.6 Å². The fourth-order valence-electron chi connectivity index (χ4n) is 4.55. The molecule has 2 aliphatic heterocycles. The van der Waals surface area contributed by atoms with Crippen LogP contribution in [0.4, 0.5) is 16.4 Å². The molecule has 3 fully saturated rings. The van der Waals surface area contributed by atoms with E-state index in [1.165, 1.54) is 25.7 Å². The van der Waals surface area contributed by atoms with Crippen molar-refractivity contribution < 1.29 is 19.0 Å². The van der Waals surface area contributed by atoms with Gasteiger partial charge in [0.25, 0.3) is 0 Å². The van der Waals surface area contributed by atoms with Gasteiger partial charge in [-0.25, -0.2) is 14.8 Å². The van der Waals surface area contributed by atoms with Crippen molar-refractivity contribution in [2.45, 2.75) is 56.0 Å². The average molecular weight is 410 g/mol. The number of fused-ring (bicyclic) bond motifs is 1. The minimum atomic E-state index is -0.511. The fraction of sp³-hybridized carbons (Fsp3) is 0.500. The average Bonchev–Trinajstić information content (AvgIpc) is 3.50. The summed E-state index contributed by atoms with van der Waals surface area (Å²) in [4.78, 5) is 21.3. The normalized spacial score (nSPS) is 28.3. The van der Waals surface area contributed by atoms with E-state index in [2.05, 4.69) is 15.6 Å². The summed E-state index contributed by atoms with van der Waals surface area (Å²) in [5.74, 6) is 1.13. The lowest BCUT2D eigenvalue weighted by Gasteiger charge is -2.18. The molecule has 1 aromatic heterocycles. The Labute approximate surface area is 175 Å². The molecule has 1 amide bonds. The molecule has 0 spiro atoms. The SMILES string of the molecule is O=C(Nc1ccccc1)O[C@H]1CO[C@@H]2[C@@H]1OC[C@@H]2Nc1nccc(C2CCCC2)n1. The maximum Gasteiger partial charge on any atom is 0.412 e. The molecule has 30 heavy (non-hydrogen) atoms. The number of aromatic nitrogens is 2. The monoisotopic (exact) mass is 410 g/mol. The molecule has 8 heteroatoms. The van der Waals surface area contributed by atoms with E-state index in [4.69, 9.17) is 19.2 Å². The number of ether oxygens (including phenoxy) is 3. The number of benzene rings is 1. The first-order chi connectivity index (χ1) is 14.8. The van der Waals surface area contributed by atoms with Gasteiger partial charge in [-0.3, -0.25) is 5.32 Å². The van der Waals surface area contributed by atoms with Crippen LogP contribution in [0.2, 0.25) is 0 Å². The first-order valence-corrected chi connectivity index (χ1v) is 10.6. The molecule has 158 valence electrons. The van der Waals surface area contributed by atoms with Crippen molar-refractivity contribution in [2.75, 3.05) is 23.8 Å². The number of anilines is 2. The van der Waals surface area contributed by atoms with Crippen LogP contribution in [0.5, 0.6) is 0 Å². The second kappa shape index (κ2) is 8.57. The van der Waals surface area contributed by atoms with Gasteiger partial charge in [0.05, 0.1) is 19.3 Å². The fourth-order valence-corrected chi connectivity index (χ4v) is 4.55. The number of para-hydroxylation sites is 1. The van der Waals surface area contributed by atoms with Crippen LogP contribution in [0.1, 0.15) is 37.3 Å². The van der Waals surface area contributed by atoms with Gasteiger partial charge in [-0.15, -0.1) is 0 Å². The number of carbonyl (C=O) groups is 1. The van der Waals surface area contributed by atoms with Gasteiger partial charge in [-0.05, 0) is 31.0 Å². The van der Waals surface area contributed by atoms with Crippen molar-refractivity contribution >= 4 is 17.7 Å². The lowest BCUT2D eigenvalue weighted by atomic mass is 10.0. The third-order valence-electron chi connectivity index (χ3n) is 6.05. The minimum Gasteiger partial charge on any atom is -0.441 e. The summed E-state index contributed by atoms with van der Waals surface area (Å²) >= 11 is 0. The van der Waals surface area contributed by atoms with Crippen molar-refractivity contribution in [1.82, 2.24) is 9.97 Å². The van der Waals surface area contributed by atoms with Gasteiger partial charge in [-0.1, -0.05) is 31.0 Å². The molecule has 3 heterocycles. The Hall–Kier alpha value is -2.71. The predicted octanol–water partition coefficient (Wildman–Crippen LogP) is 3.33. The zero-order valence-electron chi connectivity index (χ0n) is 16.7. The van der Waals surface area contributed by atoms with E-state index >= 15 is 0 Å². The van der Waals surface area contributed by atoms with Crippen molar-refractivity contribution in [2.24, 2.45) is 0 Å². The van der Waals surface area contributed by atoms with Gasteiger partial charge >= 0.3 is 6.09 Å². The largest absolute Gasteiger partial charge is 0.441 e. The minimum absolute atomic E-state index is 0.0837. The molecule has 1 aromatic carbocycles. The van der Waals surface area contributed by atoms with Crippen LogP contribution in [0, 0.1) is 0 Å². The quantitative estimate of drug-likeness (QED) is 0.781. The van der Waals surface area contributed by atoms with E-state index in [1.807, 2.05) is 30.5 Å². The molecule has 0 bridgehead atoms. The van der Waals surface area contributed by atoms with Gasteiger partial charge in [0, 0.05) is 23.5 Å². The number of nitrogens with zero attached hydrogens (tertiary/aromatic N) is 2. The topological polar surface area (TPSA) is 94.6 Å². The lowest BCUT2D eigenvalue weighted by molar-refractivity contribution is 0.00917. The number of rotatable bonds is 5. The molecule has 0 unspecified atom stereocenters. The number of carbonyl (C=O) groups excluding carboxylic acids is 1. The van der Waals surface area contributed by atoms with Gasteiger partial charge in [0.1, 0.15) is 12.2 Å². The molecule has 2 saturated heterocycles. The second-order valence-electron chi connectivity index (χ2n) is 8.07. The molecule has 2 aromatic rings. The number of hydrogen-bond acceptors (Lipinski definition) is 7. The van der Waals surface area contributed by atoms with Crippen LogP contribution in [0.25, 0.3) is 0 Å². The van der Waals surface area contributed by atoms with Crippen LogP contribution >= 0.6 is 0 Å². The first-order valence-electron chi connectivity index (χ1n) is 10.6. The lowest BCUT2D eigenvalue weighted by Crippen LogP contribution is -2.38. The number of amides is 1. The zero-order valence-corrected chi connectivity index (χ0v) is 16.7. The van der Waals surface area contributed by atoms with E-state index in [1.54, 1.807) is 12.1 Å². The molecule has 2 N–H and O–H groups in total. The predicted molar refractivity (Wildman–Crippen MR) is 110 cm³/mol. The Balaban J connectivity index is 1.18. The Bertz CT molecular complexity index is 874. The highest BCUT2D eigenvalue weighted by atomic mass is 16.6. The summed E-state index contributed by atoms with van der Waals surface area (Å²) in [6, 6.07) is 11.1. The molecular formula is C22H26N4O4. The van der Waals surface area contributed by atoms with Gasteiger partial charge < -0.3 is 19.5 Å². The smallest absolute Gasteiger partial charge is 0.412 e. The Morgan fingerprint density at radius 1 is 1.03 bits per heavy atom. The number of nitrogens with one attached hydrogen (secondary N) is 2. The molecule has 4 atom stereocenters. The second-order valence-corrected chi connectivity index (χ2v) is 8.07.